The van der Waals surface area contributed by atoms with Gasteiger partial charge in [-0.3, -0.25) is 15.1 Å². The first-order chi connectivity index (χ1) is 18.5. The summed E-state index contributed by atoms with van der Waals surface area (Å²) in [6, 6.07) is 12.7. The van der Waals surface area contributed by atoms with Crippen molar-refractivity contribution < 1.29 is 18.7 Å². The van der Waals surface area contributed by atoms with E-state index in [1.807, 2.05) is 44.2 Å². The van der Waals surface area contributed by atoms with Gasteiger partial charge in [-0.2, -0.15) is 0 Å². The van der Waals surface area contributed by atoms with Gasteiger partial charge in [-0.1, -0.05) is 61.0 Å². The third-order valence-electron chi connectivity index (χ3n) is 6.30. The topological polar surface area (TPSA) is 83.0 Å². The number of hydrogen-bond acceptors (Lipinski definition) is 5. The highest BCUT2D eigenvalue weighted by atomic mass is 35.5. The van der Waals surface area contributed by atoms with Crippen LogP contribution in [-0.4, -0.2) is 55.9 Å². The molecule has 3 rings (SSSR count). The van der Waals surface area contributed by atoms with Gasteiger partial charge in [0.25, 0.3) is 0 Å². The highest BCUT2D eigenvalue weighted by molar-refractivity contribution is 6.31. The minimum absolute atomic E-state index is 0.0798. The Morgan fingerprint density at radius 2 is 1.97 bits per heavy atom. The molecule has 0 radical (unpaired) electrons. The molecule has 0 bridgehead atoms. The fraction of sp³-hybridized carbons (Fsp3) is 0.367. The molecule has 0 aromatic heterocycles. The maximum Gasteiger partial charge on any atom is 0.411 e. The van der Waals surface area contributed by atoms with Crippen LogP contribution in [0, 0.1) is 12.7 Å². The molecule has 1 heterocycles. The van der Waals surface area contributed by atoms with Crippen LogP contribution in [0.5, 0.6) is 0 Å². The van der Waals surface area contributed by atoms with Gasteiger partial charge >= 0.3 is 6.09 Å². The van der Waals surface area contributed by atoms with Gasteiger partial charge in [0.2, 0.25) is 5.91 Å². The summed E-state index contributed by atoms with van der Waals surface area (Å²) in [5.41, 5.74) is 5.43. The van der Waals surface area contributed by atoms with Crippen molar-refractivity contribution in [3.63, 3.8) is 0 Å². The van der Waals surface area contributed by atoms with Gasteiger partial charge in [-0.05, 0) is 55.5 Å². The third kappa shape index (κ3) is 10.2. The molecule has 0 saturated heterocycles. The van der Waals surface area contributed by atoms with Crippen LogP contribution in [0.2, 0.25) is 5.02 Å². The first kappa shape index (κ1) is 31.6. The van der Waals surface area contributed by atoms with E-state index < -0.39 is 6.09 Å². The van der Waals surface area contributed by atoms with Crippen molar-refractivity contribution in [3.8, 4) is 0 Å². The molecule has 2 aromatic carbocycles. The van der Waals surface area contributed by atoms with Crippen molar-refractivity contribution in [3.05, 3.63) is 94.0 Å². The normalized spacial score (nSPS) is 12.8. The van der Waals surface area contributed by atoms with Crippen LogP contribution in [0.25, 0.3) is 0 Å². The molecule has 7 nitrogen and oxygen atoms in total. The number of carbonyl (C=O) groups is 2. The number of likely N-dealkylation sites (N-methyl/N-ethyl adjacent to an activating group) is 1. The van der Waals surface area contributed by atoms with E-state index >= 15 is 0 Å². The lowest BCUT2D eigenvalue weighted by atomic mass is 10.1. The highest BCUT2D eigenvalue weighted by Gasteiger charge is 2.20. The minimum Gasteiger partial charge on any atom is -0.447 e. The molecule has 0 fully saturated rings. The summed E-state index contributed by atoms with van der Waals surface area (Å²) in [7, 11) is 3.51. The van der Waals surface area contributed by atoms with Crippen LogP contribution in [-0.2, 0) is 16.0 Å². The lowest BCUT2D eigenvalue weighted by Gasteiger charge is -2.27. The Hall–Kier alpha value is -3.65. The predicted molar refractivity (Wildman–Crippen MR) is 156 cm³/mol. The van der Waals surface area contributed by atoms with Crippen molar-refractivity contribution >= 4 is 29.3 Å². The summed E-state index contributed by atoms with van der Waals surface area (Å²) in [4.78, 5) is 30.0. The molecule has 2 N–H and O–H groups in total. The van der Waals surface area contributed by atoms with E-state index in [-0.39, 0.29) is 29.4 Å². The Labute approximate surface area is 235 Å². The molecule has 210 valence electrons. The molecule has 1 aliphatic heterocycles. The molecule has 2 amide bonds. The summed E-state index contributed by atoms with van der Waals surface area (Å²) in [6.07, 6.45) is 3.41. The number of benzene rings is 2. The van der Waals surface area contributed by atoms with Gasteiger partial charge in [-0.15, -0.1) is 0 Å². The monoisotopic (exact) mass is 556 g/mol. The maximum absolute atomic E-state index is 12.6. The number of amides is 2. The van der Waals surface area contributed by atoms with Crippen LogP contribution >= 0.6 is 11.6 Å². The molecule has 39 heavy (non-hydrogen) atoms. The number of halogens is 2. The van der Waals surface area contributed by atoms with Crippen molar-refractivity contribution in [2.75, 3.05) is 27.2 Å². The molecular formula is C30H38ClFN4O3. The first-order valence-electron chi connectivity index (χ1n) is 12.8. The zero-order valence-electron chi connectivity index (χ0n) is 23.3. The highest BCUT2D eigenvalue weighted by Crippen LogP contribution is 2.19. The molecule has 1 aliphatic rings. The van der Waals surface area contributed by atoms with Crippen molar-refractivity contribution in [1.82, 2.24) is 15.5 Å². The number of hydrogen-bond donors (Lipinski definition) is 2. The van der Waals surface area contributed by atoms with Crippen LogP contribution in [0.15, 0.2) is 71.5 Å². The molecule has 2 aromatic rings. The standard InChI is InChI=1S/C22H30N4O3.C8H8ClF/c1-15-7-6-8-18(11-15)21-12-19(13-24-21)25-22(28)29-14-20(26(5)17(3)27)10-9-16(2)23-4;1-2-6-4-3-5-7(10)8(6)9/h6-8,11-12,20,23H,2,9-10,13-14H2,1,3-5H3,(H,25,28);3-5H,2H2,1H3. The van der Waals surface area contributed by atoms with E-state index in [1.165, 1.54) is 13.0 Å². The second-order valence-electron chi connectivity index (χ2n) is 9.21. The molecule has 1 unspecified atom stereocenters. The average molecular weight is 557 g/mol. The molecule has 0 aliphatic carbocycles. The van der Waals surface area contributed by atoms with E-state index in [4.69, 9.17) is 16.3 Å². The number of nitrogens with zero attached hydrogens (tertiary/aromatic N) is 2. The Morgan fingerprint density at radius 1 is 1.26 bits per heavy atom. The van der Waals surface area contributed by atoms with Crippen LogP contribution in [0.1, 0.15) is 43.4 Å². The van der Waals surface area contributed by atoms with E-state index in [1.54, 1.807) is 25.1 Å². The summed E-state index contributed by atoms with van der Waals surface area (Å²) < 4.78 is 18.0. The number of carbonyl (C=O) groups excluding carboxylic acids is 2. The van der Waals surface area contributed by atoms with E-state index in [2.05, 4.69) is 28.3 Å². The number of rotatable bonds is 10. The third-order valence-corrected chi connectivity index (χ3v) is 6.73. The molecule has 9 heteroatoms. The first-order valence-corrected chi connectivity index (χ1v) is 13.2. The average Bonchev–Trinajstić information content (AvgIpc) is 3.38. The van der Waals surface area contributed by atoms with Crippen molar-refractivity contribution in [2.45, 2.75) is 46.1 Å². The van der Waals surface area contributed by atoms with E-state index in [9.17, 15) is 14.0 Å². The predicted octanol–water partition coefficient (Wildman–Crippen LogP) is 5.81. The summed E-state index contributed by atoms with van der Waals surface area (Å²) in [6.45, 7) is 9.87. The SMILES string of the molecule is C=C(CCC(COC(=O)NC1=CC(c2cccc(C)c2)=NC1)N(C)C(C)=O)NC.CCc1cccc(F)c1Cl. The lowest BCUT2D eigenvalue weighted by molar-refractivity contribution is -0.130. The summed E-state index contributed by atoms with van der Waals surface area (Å²) >= 11 is 5.62. The largest absolute Gasteiger partial charge is 0.447 e. The number of allylic oxidation sites excluding steroid dienone is 2. The summed E-state index contributed by atoms with van der Waals surface area (Å²) in [5.74, 6) is -0.412. The van der Waals surface area contributed by atoms with Gasteiger partial charge in [-0.25, -0.2) is 9.18 Å². The second kappa shape index (κ2) is 15.7. The molecule has 0 spiro atoms. The number of aliphatic imine (C=N–C) groups is 1. The van der Waals surface area contributed by atoms with Gasteiger partial charge < -0.3 is 15.0 Å². The van der Waals surface area contributed by atoms with Gasteiger partial charge in [0.05, 0.1) is 23.3 Å². The molecule has 0 saturated carbocycles. The van der Waals surface area contributed by atoms with Crippen molar-refractivity contribution in [1.29, 1.82) is 0 Å². The number of alkyl carbamates (subject to hydrolysis) is 1. The fourth-order valence-electron chi connectivity index (χ4n) is 3.75. The maximum atomic E-state index is 12.6. The lowest BCUT2D eigenvalue weighted by Crippen LogP contribution is -2.40. The summed E-state index contributed by atoms with van der Waals surface area (Å²) in [5, 5.41) is 5.98. The quantitative estimate of drug-likeness (QED) is 0.387. The minimum atomic E-state index is -0.550. The van der Waals surface area contributed by atoms with Crippen LogP contribution < -0.4 is 10.6 Å². The van der Waals surface area contributed by atoms with Crippen molar-refractivity contribution in [2.24, 2.45) is 4.99 Å². The molecular weight excluding hydrogens is 519 g/mol. The molecule has 1 atom stereocenters. The Kier molecular flexibility index (Phi) is 12.7. The van der Waals surface area contributed by atoms with Gasteiger partial charge in [0, 0.05) is 32.4 Å². The van der Waals surface area contributed by atoms with Gasteiger partial charge in [0.1, 0.15) is 12.4 Å². The number of ether oxygens (including phenoxy) is 1. The van der Waals surface area contributed by atoms with Crippen LogP contribution in [0.3, 0.4) is 0 Å². The number of nitrogens with one attached hydrogen (secondary N) is 2. The van der Waals surface area contributed by atoms with Crippen LogP contribution in [0.4, 0.5) is 9.18 Å². The van der Waals surface area contributed by atoms with E-state index in [0.29, 0.717) is 25.1 Å². The second-order valence-corrected chi connectivity index (χ2v) is 9.58. The Bertz CT molecular complexity index is 1230. The van der Waals surface area contributed by atoms with E-state index in [0.717, 1.165) is 34.5 Å². The van der Waals surface area contributed by atoms with Gasteiger partial charge in [0.15, 0.2) is 0 Å². The zero-order valence-corrected chi connectivity index (χ0v) is 24.1. The fourth-order valence-corrected chi connectivity index (χ4v) is 4.01. The Balaban J connectivity index is 0.000000446. The number of aryl methyl sites for hydroxylation is 2. The Morgan fingerprint density at radius 3 is 2.59 bits per heavy atom. The smallest absolute Gasteiger partial charge is 0.411 e. The zero-order chi connectivity index (χ0) is 28.9.